The molecule has 0 saturated heterocycles. The summed E-state index contributed by atoms with van der Waals surface area (Å²) >= 11 is 0. The molecule has 0 fully saturated rings. The predicted octanol–water partition coefficient (Wildman–Crippen LogP) is 3.46. The summed E-state index contributed by atoms with van der Waals surface area (Å²) in [4.78, 5) is 25.9. The number of rotatable bonds is 6. The average Bonchev–Trinajstić information content (AvgIpc) is 2.92. The highest BCUT2D eigenvalue weighted by Gasteiger charge is 2.20. The third-order valence-corrected chi connectivity index (χ3v) is 4.06. The summed E-state index contributed by atoms with van der Waals surface area (Å²) in [6, 6.07) is 5.39. The fourth-order valence-electron chi connectivity index (χ4n) is 2.61. The van der Waals surface area contributed by atoms with Gasteiger partial charge in [0.05, 0.1) is 12.3 Å². The number of fused-ring (bicyclic) bond motifs is 1. The van der Waals surface area contributed by atoms with Crippen molar-refractivity contribution < 1.29 is 18.7 Å². The van der Waals surface area contributed by atoms with Gasteiger partial charge in [0.25, 0.3) is 0 Å². The van der Waals surface area contributed by atoms with E-state index >= 15 is 0 Å². The SMILES string of the molecule is CCOC(=O)c1oc2ccc(/C(C)=C/C(=O)N(CC)CC)cc2c1N. The Bertz CT molecular complexity index is 816. The summed E-state index contributed by atoms with van der Waals surface area (Å²) in [6.07, 6.45) is 1.61. The van der Waals surface area contributed by atoms with Crippen LogP contribution in [0.1, 0.15) is 43.8 Å². The summed E-state index contributed by atoms with van der Waals surface area (Å²) in [5.74, 6) is -0.605. The molecule has 0 aliphatic carbocycles. The minimum Gasteiger partial charge on any atom is -0.460 e. The smallest absolute Gasteiger partial charge is 0.376 e. The maximum Gasteiger partial charge on any atom is 0.376 e. The molecule has 0 atom stereocenters. The standard InChI is InChI=1S/C19H24N2O4/c1-5-21(6-2)16(22)10-12(4)13-8-9-15-14(11-13)17(20)18(25-15)19(23)24-7-3/h8-11H,5-7,20H2,1-4H3/b12-10+. The molecule has 0 bridgehead atoms. The van der Waals surface area contributed by atoms with Gasteiger partial charge >= 0.3 is 5.97 Å². The molecule has 2 rings (SSSR count). The number of likely N-dealkylation sites (N-methyl/N-ethyl adjacent to an activating group) is 1. The van der Waals surface area contributed by atoms with E-state index in [4.69, 9.17) is 14.9 Å². The van der Waals surface area contributed by atoms with Crippen molar-refractivity contribution in [3.05, 3.63) is 35.6 Å². The van der Waals surface area contributed by atoms with Gasteiger partial charge in [0.15, 0.2) is 0 Å². The molecule has 6 nitrogen and oxygen atoms in total. The number of carbonyl (C=O) groups is 2. The quantitative estimate of drug-likeness (QED) is 0.640. The Morgan fingerprint density at radius 3 is 2.52 bits per heavy atom. The lowest BCUT2D eigenvalue weighted by Gasteiger charge is -2.16. The number of amides is 1. The first-order valence-corrected chi connectivity index (χ1v) is 8.39. The van der Waals surface area contributed by atoms with Crippen LogP contribution in [0.5, 0.6) is 0 Å². The lowest BCUT2D eigenvalue weighted by molar-refractivity contribution is -0.125. The Morgan fingerprint density at radius 2 is 1.92 bits per heavy atom. The van der Waals surface area contributed by atoms with Gasteiger partial charge in [-0.1, -0.05) is 6.07 Å². The number of hydrogen-bond donors (Lipinski definition) is 1. The van der Waals surface area contributed by atoms with Gasteiger partial charge < -0.3 is 19.8 Å². The first kappa shape index (κ1) is 18.6. The molecule has 1 aromatic heterocycles. The number of ether oxygens (including phenoxy) is 1. The Hall–Kier alpha value is -2.76. The van der Waals surface area contributed by atoms with E-state index in [-0.39, 0.29) is 24.0 Å². The predicted molar refractivity (Wildman–Crippen MR) is 98.2 cm³/mol. The van der Waals surface area contributed by atoms with E-state index in [0.717, 1.165) is 11.1 Å². The second-order valence-corrected chi connectivity index (χ2v) is 5.61. The van der Waals surface area contributed by atoms with Gasteiger partial charge in [0, 0.05) is 24.6 Å². The van der Waals surface area contributed by atoms with Gasteiger partial charge in [0.1, 0.15) is 5.58 Å². The van der Waals surface area contributed by atoms with Crippen molar-refractivity contribution in [3.8, 4) is 0 Å². The number of esters is 1. The van der Waals surface area contributed by atoms with E-state index in [0.29, 0.717) is 24.1 Å². The van der Waals surface area contributed by atoms with E-state index in [9.17, 15) is 9.59 Å². The van der Waals surface area contributed by atoms with Crippen LogP contribution < -0.4 is 5.73 Å². The van der Waals surface area contributed by atoms with E-state index in [1.807, 2.05) is 32.9 Å². The molecular formula is C19H24N2O4. The molecule has 0 aliphatic heterocycles. The Morgan fingerprint density at radius 1 is 1.24 bits per heavy atom. The summed E-state index contributed by atoms with van der Waals surface area (Å²) in [5.41, 5.74) is 8.46. The number of furan rings is 1. The molecule has 0 saturated carbocycles. The van der Waals surface area contributed by atoms with E-state index in [1.165, 1.54) is 0 Å². The zero-order valence-corrected chi connectivity index (χ0v) is 15.1. The maximum atomic E-state index is 12.2. The number of nitrogens with two attached hydrogens (primary N) is 1. The monoisotopic (exact) mass is 344 g/mol. The fraction of sp³-hybridized carbons (Fsp3) is 0.368. The zero-order valence-electron chi connectivity index (χ0n) is 15.1. The molecule has 25 heavy (non-hydrogen) atoms. The number of anilines is 1. The van der Waals surface area contributed by atoms with Gasteiger partial charge in [-0.3, -0.25) is 4.79 Å². The number of hydrogen-bond acceptors (Lipinski definition) is 5. The Labute approximate surface area is 147 Å². The average molecular weight is 344 g/mol. The molecule has 2 N–H and O–H groups in total. The lowest BCUT2D eigenvalue weighted by atomic mass is 10.0. The van der Waals surface area contributed by atoms with Crippen LogP contribution in [0.15, 0.2) is 28.7 Å². The second kappa shape index (κ2) is 7.88. The van der Waals surface area contributed by atoms with Gasteiger partial charge in [-0.2, -0.15) is 0 Å². The maximum absolute atomic E-state index is 12.2. The number of benzene rings is 1. The highest BCUT2D eigenvalue weighted by atomic mass is 16.5. The Kier molecular flexibility index (Phi) is 5.85. The van der Waals surface area contributed by atoms with E-state index in [2.05, 4.69) is 0 Å². The normalized spacial score (nSPS) is 11.6. The number of nitrogen functional groups attached to an aromatic ring is 1. The summed E-state index contributed by atoms with van der Waals surface area (Å²) in [7, 11) is 0. The third-order valence-electron chi connectivity index (χ3n) is 4.06. The van der Waals surface area contributed by atoms with Crippen LogP contribution in [0.3, 0.4) is 0 Å². The molecule has 1 heterocycles. The first-order valence-electron chi connectivity index (χ1n) is 8.39. The summed E-state index contributed by atoms with van der Waals surface area (Å²) in [5, 5.41) is 0.628. The number of allylic oxidation sites excluding steroid dienone is 1. The number of carbonyl (C=O) groups excluding carboxylic acids is 2. The zero-order chi connectivity index (χ0) is 18.6. The van der Waals surface area contributed by atoms with Crippen LogP contribution in [0, 0.1) is 0 Å². The van der Waals surface area contributed by atoms with E-state index < -0.39 is 5.97 Å². The summed E-state index contributed by atoms with van der Waals surface area (Å²) < 4.78 is 10.5. The molecule has 1 aromatic carbocycles. The highest BCUT2D eigenvalue weighted by Crippen LogP contribution is 2.31. The fourth-order valence-corrected chi connectivity index (χ4v) is 2.61. The van der Waals surface area contributed by atoms with Crippen molar-refractivity contribution in [2.45, 2.75) is 27.7 Å². The molecule has 0 aliphatic rings. The largest absolute Gasteiger partial charge is 0.460 e. The van der Waals surface area contributed by atoms with Crippen LogP contribution in [-0.2, 0) is 9.53 Å². The molecule has 0 radical (unpaired) electrons. The van der Waals surface area contributed by atoms with Crippen LogP contribution in [0.2, 0.25) is 0 Å². The molecule has 6 heteroatoms. The van der Waals surface area contributed by atoms with Gasteiger partial charge in [-0.05, 0) is 51.0 Å². The molecular weight excluding hydrogens is 320 g/mol. The lowest BCUT2D eigenvalue weighted by Crippen LogP contribution is -2.28. The van der Waals surface area contributed by atoms with E-state index in [1.54, 1.807) is 24.0 Å². The van der Waals surface area contributed by atoms with Gasteiger partial charge in [0.2, 0.25) is 11.7 Å². The second-order valence-electron chi connectivity index (χ2n) is 5.61. The Balaban J connectivity index is 2.39. The van der Waals surface area contributed by atoms with Crippen LogP contribution in [0.4, 0.5) is 5.69 Å². The molecule has 1 amide bonds. The first-order chi connectivity index (χ1) is 11.9. The third kappa shape index (κ3) is 3.84. The van der Waals surface area contributed by atoms with Crippen LogP contribution in [0.25, 0.3) is 16.5 Å². The highest BCUT2D eigenvalue weighted by molar-refractivity contribution is 6.04. The topological polar surface area (TPSA) is 85.8 Å². The minimum absolute atomic E-state index is 0.00912. The van der Waals surface area contributed by atoms with Gasteiger partial charge in [-0.25, -0.2) is 4.79 Å². The van der Waals surface area contributed by atoms with Crippen LogP contribution in [-0.4, -0.2) is 36.5 Å². The van der Waals surface area contributed by atoms with Crippen molar-refractivity contribution >= 4 is 34.1 Å². The van der Waals surface area contributed by atoms with Crippen molar-refractivity contribution in [2.24, 2.45) is 0 Å². The summed E-state index contributed by atoms with van der Waals surface area (Å²) in [6.45, 7) is 9.04. The minimum atomic E-state index is -0.582. The number of nitrogens with zero attached hydrogens (tertiary/aromatic N) is 1. The molecule has 2 aromatic rings. The molecule has 0 spiro atoms. The van der Waals surface area contributed by atoms with Crippen molar-refractivity contribution in [3.63, 3.8) is 0 Å². The van der Waals surface area contributed by atoms with Crippen molar-refractivity contribution in [2.75, 3.05) is 25.4 Å². The van der Waals surface area contributed by atoms with Gasteiger partial charge in [-0.15, -0.1) is 0 Å². The molecule has 0 unspecified atom stereocenters. The van der Waals surface area contributed by atoms with Crippen LogP contribution >= 0.6 is 0 Å². The molecule has 134 valence electrons. The van der Waals surface area contributed by atoms with Crippen molar-refractivity contribution in [1.29, 1.82) is 0 Å². The van der Waals surface area contributed by atoms with Crippen molar-refractivity contribution in [1.82, 2.24) is 4.90 Å².